The minimum absolute atomic E-state index is 0.0518. The molecule has 1 unspecified atom stereocenters. The van der Waals surface area contributed by atoms with E-state index in [2.05, 4.69) is 16.0 Å². The largest absolute Gasteiger partial charge is 0.418 e. The van der Waals surface area contributed by atoms with Crippen LogP contribution in [0.25, 0.3) is 5.57 Å². The first kappa shape index (κ1) is 21.6. The molecule has 1 amide bonds. The fourth-order valence-corrected chi connectivity index (χ4v) is 3.14. The SMILES string of the molecule is CCC(COC)Nc1ccc(NC=C2C(=O)Nc3cc(F)ccc32)cc1C(F)(F)F. The highest BCUT2D eigenvalue weighted by atomic mass is 19.4. The summed E-state index contributed by atoms with van der Waals surface area (Å²) in [6.45, 7) is 2.12. The standard InChI is InChI=1S/C21H21F4N3O2/c1-3-13(11-30-2)27-18-7-5-14(9-17(18)21(23,24)25)26-10-16-15-6-4-12(22)8-19(15)28-20(16)29/h4-10,13,26-27H,3,11H2,1-2H3,(H,28,29). The predicted octanol–water partition coefficient (Wildman–Crippen LogP) is 5.09. The van der Waals surface area contributed by atoms with Crippen LogP contribution in [0.5, 0.6) is 0 Å². The predicted molar refractivity (Wildman–Crippen MR) is 108 cm³/mol. The normalized spacial score (nSPS) is 15.7. The van der Waals surface area contributed by atoms with Crippen LogP contribution in [0.1, 0.15) is 24.5 Å². The molecule has 3 rings (SSSR count). The van der Waals surface area contributed by atoms with Crippen LogP contribution in [0.3, 0.4) is 0 Å². The van der Waals surface area contributed by atoms with Crippen LogP contribution in [0, 0.1) is 5.82 Å². The molecule has 2 aromatic carbocycles. The smallest absolute Gasteiger partial charge is 0.383 e. The van der Waals surface area contributed by atoms with Gasteiger partial charge in [-0.05, 0) is 42.8 Å². The van der Waals surface area contributed by atoms with Gasteiger partial charge in [0.2, 0.25) is 0 Å². The number of hydrogen-bond acceptors (Lipinski definition) is 4. The van der Waals surface area contributed by atoms with Crippen molar-refractivity contribution in [2.24, 2.45) is 0 Å². The number of anilines is 3. The Morgan fingerprint density at radius 3 is 2.63 bits per heavy atom. The number of carbonyl (C=O) groups excluding carboxylic acids is 1. The third-order valence-electron chi connectivity index (χ3n) is 4.69. The lowest BCUT2D eigenvalue weighted by atomic mass is 10.1. The number of alkyl halides is 3. The number of amides is 1. The maximum Gasteiger partial charge on any atom is 0.418 e. The molecule has 0 spiro atoms. The molecule has 1 aliphatic heterocycles. The van der Waals surface area contributed by atoms with Crippen molar-refractivity contribution in [2.75, 3.05) is 29.7 Å². The number of benzene rings is 2. The van der Waals surface area contributed by atoms with Crippen LogP contribution >= 0.6 is 0 Å². The summed E-state index contributed by atoms with van der Waals surface area (Å²) in [4.78, 5) is 12.1. The third-order valence-corrected chi connectivity index (χ3v) is 4.69. The number of methoxy groups -OCH3 is 1. The molecule has 0 saturated heterocycles. The van der Waals surface area contributed by atoms with Crippen LogP contribution in [-0.2, 0) is 15.7 Å². The van der Waals surface area contributed by atoms with E-state index >= 15 is 0 Å². The van der Waals surface area contributed by atoms with E-state index in [0.29, 0.717) is 17.7 Å². The Bertz CT molecular complexity index is 973. The highest BCUT2D eigenvalue weighted by Gasteiger charge is 2.34. The summed E-state index contributed by atoms with van der Waals surface area (Å²) in [5.74, 6) is -0.970. The van der Waals surface area contributed by atoms with E-state index in [-0.39, 0.29) is 29.6 Å². The molecule has 30 heavy (non-hydrogen) atoms. The number of rotatable bonds is 7. The van der Waals surface area contributed by atoms with Crippen LogP contribution in [0.2, 0.25) is 0 Å². The van der Waals surface area contributed by atoms with Crippen molar-refractivity contribution in [2.45, 2.75) is 25.6 Å². The van der Waals surface area contributed by atoms with Gasteiger partial charge in [0, 0.05) is 36.3 Å². The molecular formula is C21H21F4N3O2. The van der Waals surface area contributed by atoms with Gasteiger partial charge in [-0.15, -0.1) is 0 Å². The molecule has 1 atom stereocenters. The maximum atomic E-state index is 13.6. The second kappa shape index (κ2) is 8.74. The summed E-state index contributed by atoms with van der Waals surface area (Å²) in [6, 6.07) is 7.34. The van der Waals surface area contributed by atoms with Gasteiger partial charge < -0.3 is 20.7 Å². The molecule has 0 fully saturated rings. The molecule has 2 aromatic rings. The molecule has 5 nitrogen and oxygen atoms in total. The lowest BCUT2D eigenvalue weighted by Gasteiger charge is -2.21. The molecule has 0 radical (unpaired) electrons. The fourth-order valence-electron chi connectivity index (χ4n) is 3.14. The van der Waals surface area contributed by atoms with Crippen LogP contribution < -0.4 is 16.0 Å². The number of fused-ring (bicyclic) bond motifs is 1. The Hall–Kier alpha value is -3.07. The van der Waals surface area contributed by atoms with Gasteiger partial charge in [-0.2, -0.15) is 13.2 Å². The number of nitrogens with one attached hydrogen (secondary N) is 3. The third kappa shape index (κ3) is 4.73. The average Bonchev–Trinajstić information content (AvgIpc) is 2.99. The Kier molecular flexibility index (Phi) is 6.31. The fraction of sp³-hybridized carbons (Fsp3) is 0.286. The molecule has 0 aliphatic carbocycles. The van der Waals surface area contributed by atoms with E-state index in [1.807, 2.05) is 6.92 Å². The van der Waals surface area contributed by atoms with Gasteiger partial charge in [0.15, 0.2) is 0 Å². The van der Waals surface area contributed by atoms with Crippen molar-refractivity contribution in [3.8, 4) is 0 Å². The zero-order valence-electron chi connectivity index (χ0n) is 16.4. The van der Waals surface area contributed by atoms with E-state index < -0.39 is 23.5 Å². The van der Waals surface area contributed by atoms with Crippen molar-refractivity contribution in [1.82, 2.24) is 0 Å². The number of hydrogen-bond donors (Lipinski definition) is 3. The van der Waals surface area contributed by atoms with E-state index in [4.69, 9.17) is 4.74 Å². The average molecular weight is 423 g/mol. The molecule has 3 N–H and O–H groups in total. The summed E-state index contributed by atoms with van der Waals surface area (Å²) in [6.07, 6.45) is -2.68. The number of halogens is 4. The van der Waals surface area contributed by atoms with Gasteiger partial charge in [-0.1, -0.05) is 6.92 Å². The molecular weight excluding hydrogens is 402 g/mol. The Labute approximate surface area is 171 Å². The number of carbonyl (C=O) groups is 1. The van der Waals surface area contributed by atoms with Gasteiger partial charge in [-0.25, -0.2) is 4.39 Å². The van der Waals surface area contributed by atoms with Gasteiger partial charge >= 0.3 is 6.18 Å². The summed E-state index contributed by atoms with van der Waals surface area (Å²) < 4.78 is 59.1. The van der Waals surface area contributed by atoms with Gasteiger partial charge in [0.25, 0.3) is 5.91 Å². The minimum atomic E-state index is -4.58. The van der Waals surface area contributed by atoms with Crippen molar-refractivity contribution in [3.05, 3.63) is 59.5 Å². The van der Waals surface area contributed by atoms with Gasteiger partial charge in [0.1, 0.15) is 5.82 Å². The van der Waals surface area contributed by atoms with E-state index in [0.717, 1.165) is 6.07 Å². The lowest BCUT2D eigenvalue weighted by Crippen LogP contribution is -2.25. The second-order valence-corrected chi connectivity index (χ2v) is 6.81. The van der Waals surface area contributed by atoms with Gasteiger partial charge in [-0.3, -0.25) is 4.79 Å². The summed E-state index contributed by atoms with van der Waals surface area (Å²) in [5, 5.41) is 8.12. The highest BCUT2D eigenvalue weighted by molar-refractivity contribution is 6.31. The zero-order valence-corrected chi connectivity index (χ0v) is 16.4. The van der Waals surface area contributed by atoms with Crippen LogP contribution in [-0.4, -0.2) is 25.7 Å². The Morgan fingerprint density at radius 2 is 1.97 bits per heavy atom. The van der Waals surface area contributed by atoms with E-state index in [9.17, 15) is 22.4 Å². The second-order valence-electron chi connectivity index (χ2n) is 6.81. The quantitative estimate of drug-likeness (QED) is 0.429. The topological polar surface area (TPSA) is 62.4 Å². The van der Waals surface area contributed by atoms with E-state index in [1.165, 1.54) is 43.6 Å². The van der Waals surface area contributed by atoms with Crippen LogP contribution in [0.4, 0.5) is 34.6 Å². The van der Waals surface area contributed by atoms with Crippen molar-refractivity contribution < 1.29 is 27.1 Å². The maximum absolute atomic E-state index is 13.6. The summed E-state index contributed by atoms with van der Waals surface area (Å²) in [5.41, 5.74) is 0.249. The molecule has 9 heteroatoms. The molecule has 0 aromatic heterocycles. The van der Waals surface area contributed by atoms with E-state index in [1.54, 1.807) is 0 Å². The lowest BCUT2D eigenvalue weighted by molar-refractivity contribution is -0.137. The van der Waals surface area contributed by atoms with Crippen molar-refractivity contribution in [1.29, 1.82) is 0 Å². The summed E-state index contributed by atoms with van der Waals surface area (Å²) >= 11 is 0. The highest BCUT2D eigenvalue weighted by Crippen LogP contribution is 2.37. The Morgan fingerprint density at radius 1 is 1.20 bits per heavy atom. The first-order chi connectivity index (χ1) is 14.2. The first-order valence-electron chi connectivity index (χ1n) is 9.27. The minimum Gasteiger partial charge on any atom is -0.383 e. The van der Waals surface area contributed by atoms with Crippen molar-refractivity contribution in [3.63, 3.8) is 0 Å². The molecule has 160 valence electrons. The molecule has 1 aliphatic rings. The Balaban J connectivity index is 1.87. The monoisotopic (exact) mass is 423 g/mol. The summed E-state index contributed by atoms with van der Waals surface area (Å²) in [7, 11) is 1.49. The molecule has 0 bridgehead atoms. The van der Waals surface area contributed by atoms with Crippen LogP contribution in [0.15, 0.2) is 42.6 Å². The first-order valence-corrected chi connectivity index (χ1v) is 9.27. The van der Waals surface area contributed by atoms with Gasteiger partial charge in [0.05, 0.1) is 23.4 Å². The number of ether oxygens (including phenoxy) is 1. The molecule has 1 heterocycles. The molecule has 0 saturated carbocycles. The van der Waals surface area contributed by atoms with Crippen molar-refractivity contribution >= 4 is 28.5 Å². The zero-order chi connectivity index (χ0) is 21.9.